The van der Waals surface area contributed by atoms with Crippen LogP contribution in [-0.4, -0.2) is 63.6 Å². The Kier molecular flexibility index (Phi) is 5.49. The number of imide groups is 2. The van der Waals surface area contributed by atoms with Crippen LogP contribution in [0.5, 0.6) is 5.75 Å². The number of hydrogen-bond acceptors (Lipinski definition) is 7. The van der Waals surface area contributed by atoms with Gasteiger partial charge in [-0.05, 0) is 48.7 Å². The fourth-order valence-electron chi connectivity index (χ4n) is 5.30. The molecule has 2 aromatic carbocycles. The normalized spacial score (nSPS) is 22.3. The van der Waals surface area contributed by atoms with Crippen LogP contribution < -0.4 is 10.1 Å². The van der Waals surface area contributed by atoms with Crippen LogP contribution in [-0.2, 0) is 16.1 Å². The molecule has 1 aromatic heterocycles. The number of aromatic nitrogens is 1. The Balaban J connectivity index is 1.13. The van der Waals surface area contributed by atoms with Crippen LogP contribution in [0.3, 0.4) is 0 Å². The van der Waals surface area contributed by atoms with Gasteiger partial charge in [0.05, 0.1) is 16.6 Å². The molecule has 2 atom stereocenters. The molecule has 3 aliphatic rings. The molecule has 2 saturated heterocycles. The summed E-state index contributed by atoms with van der Waals surface area (Å²) in [5.74, 6) is -1.56. The lowest BCUT2D eigenvalue weighted by molar-refractivity contribution is -0.136. The van der Waals surface area contributed by atoms with Gasteiger partial charge in [-0.3, -0.25) is 39.3 Å². The molecule has 0 bridgehead atoms. The van der Waals surface area contributed by atoms with E-state index >= 15 is 0 Å². The molecule has 0 saturated carbocycles. The maximum Gasteiger partial charge on any atom is 0.262 e. The molecule has 2 fully saturated rings. The van der Waals surface area contributed by atoms with Crippen molar-refractivity contribution >= 4 is 34.5 Å². The summed E-state index contributed by atoms with van der Waals surface area (Å²) in [6.07, 6.45) is 2.81. The van der Waals surface area contributed by atoms with Gasteiger partial charge in [-0.25, -0.2) is 0 Å². The van der Waals surface area contributed by atoms with Gasteiger partial charge in [-0.2, -0.15) is 0 Å². The Morgan fingerprint density at radius 1 is 0.972 bits per heavy atom. The molecule has 4 amide bonds. The molecule has 0 radical (unpaired) electrons. The van der Waals surface area contributed by atoms with Crippen molar-refractivity contribution in [3.05, 3.63) is 71.4 Å². The second-order valence-corrected chi connectivity index (χ2v) is 9.41. The van der Waals surface area contributed by atoms with E-state index in [4.69, 9.17) is 4.74 Å². The number of carbonyl (C=O) groups excluding carboxylic acids is 4. The lowest BCUT2D eigenvalue weighted by Gasteiger charge is -2.27. The van der Waals surface area contributed by atoms with Crippen LogP contribution in [0.4, 0.5) is 0 Å². The number of hydrogen-bond donors (Lipinski definition) is 1. The predicted octanol–water partition coefficient (Wildman–Crippen LogP) is 2.29. The van der Waals surface area contributed by atoms with Crippen molar-refractivity contribution in [2.75, 3.05) is 13.1 Å². The van der Waals surface area contributed by atoms with E-state index in [9.17, 15) is 19.2 Å². The first-order valence-corrected chi connectivity index (χ1v) is 12.1. The molecule has 182 valence electrons. The number of benzene rings is 2. The van der Waals surface area contributed by atoms with Crippen molar-refractivity contribution in [2.24, 2.45) is 0 Å². The van der Waals surface area contributed by atoms with Gasteiger partial charge in [0.15, 0.2) is 0 Å². The molecule has 3 aliphatic heterocycles. The zero-order valence-electron chi connectivity index (χ0n) is 19.5. The lowest BCUT2D eigenvalue weighted by atomic mass is 10.0. The van der Waals surface area contributed by atoms with E-state index in [2.05, 4.69) is 27.3 Å². The number of nitrogens with one attached hydrogen (secondary N) is 1. The summed E-state index contributed by atoms with van der Waals surface area (Å²) in [5, 5.41) is 3.35. The fourth-order valence-corrected chi connectivity index (χ4v) is 5.30. The Hall–Kier alpha value is -4.11. The molecular weight excluding hydrogens is 460 g/mol. The zero-order valence-corrected chi connectivity index (χ0v) is 19.5. The van der Waals surface area contributed by atoms with E-state index in [1.54, 1.807) is 24.4 Å². The van der Waals surface area contributed by atoms with E-state index in [0.717, 1.165) is 41.9 Å². The second-order valence-electron chi connectivity index (χ2n) is 9.41. The molecule has 3 aromatic rings. The standard InChI is InChI=1S/C27H24N4O5/c32-24-9-8-23(25(33)29-24)31-26(34)20-7-6-17(13-21(20)27(31)35)36-18-10-12-30(15-18)14-16-3-1-5-22-19(16)4-2-11-28-22/h1-7,11,13,18,23H,8-10,12,14-15H2,(H,29,32,33). The zero-order chi connectivity index (χ0) is 24.8. The number of rotatable bonds is 5. The summed E-state index contributed by atoms with van der Waals surface area (Å²) in [7, 11) is 0. The topological polar surface area (TPSA) is 109 Å². The average Bonchev–Trinajstić information content (AvgIpc) is 3.41. The summed E-state index contributed by atoms with van der Waals surface area (Å²) in [5.41, 5.74) is 2.66. The van der Waals surface area contributed by atoms with Gasteiger partial charge >= 0.3 is 0 Å². The number of ether oxygens (including phenoxy) is 1. The smallest absolute Gasteiger partial charge is 0.262 e. The summed E-state index contributed by atoms with van der Waals surface area (Å²) in [6.45, 7) is 2.41. The number of pyridine rings is 1. The van der Waals surface area contributed by atoms with Gasteiger partial charge in [0.2, 0.25) is 11.8 Å². The molecule has 6 rings (SSSR count). The minimum atomic E-state index is -0.980. The average molecular weight is 485 g/mol. The quantitative estimate of drug-likeness (QED) is 0.554. The molecular formula is C27H24N4O5. The van der Waals surface area contributed by atoms with Crippen molar-refractivity contribution in [1.82, 2.24) is 20.1 Å². The Bertz CT molecular complexity index is 1420. The van der Waals surface area contributed by atoms with Crippen LogP contribution in [0.25, 0.3) is 10.9 Å². The van der Waals surface area contributed by atoms with E-state index in [0.29, 0.717) is 5.75 Å². The van der Waals surface area contributed by atoms with Gasteiger partial charge in [-0.1, -0.05) is 18.2 Å². The number of carbonyl (C=O) groups is 4. The van der Waals surface area contributed by atoms with Gasteiger partial charge in [0.25, 0.3) is 11.8 Å². The summed E-state index contributed by atoms with van der Waals surface area (Å²) < 4.78 is 6.20. The van der Waals surface area contributed by atoms with Crippen molar-refractivity contribution in [1.29, 1.82) is 0 Å². The van der Waals surface area contributed by atoms with Crippen molar-refractivity contribution in [3.63, 3.8) is 0 Å². The number of amides is 4. The predicted molar refractivity (Wildman–Crippen MR) is 129 cm³/mol. The minimum absolute atomic E-state index is 0.0467. The summed E-state index contributed by atoms with van der Waals surface area (Å²) in [6, 6.07) is 14.1. The molecule has 0 aliphatic carbocycles. The highest BCUT2D eigenvalue weighted by atomic mass is 16.5. The Labute approximate surface area is 207 Å². The van der Waals surface area contributed by atoms with Gasteiger partial charge in [-0.15, -0.1) is 0 Å². The van der Waals surface area contributed by atoms with E-state index in [1.807, 2.05) is 18.2 Å². The number of likely N-dealkylation sites (tertiary alicyclic amines) is 1. The maximum atomic E-state index is 13.1. The Morgan fingerprint density at radius 2 is 1.83 bits per heavy atom. The Morgan fingerprint density at radius 3 is 2.69 bits per heavy atom. The molecule has 36 heavy (non-hydrogen) atoms. The third-order valence-corrected chi connectivity index (χ3v) is 7.07. The van der Waals surface area contributed by atoms with Crippen LogP contribution in [0.15, 0.2) is 54.7 Å². The first-order valence-electron chi connectivity index (χ1n) is 12.1. The second kappa shape index (κ2) is 8.83. The van der Waals surface area contributed by atoms with Crippen molar-refractivity contribution in [3.8, 4) is 5.75 Å². The third kappa shape index (κ3) is 3.91. The van der Waals surface area contributed by atoms with Crippen LogP contribution in [0.1, 0.15) is 45.5 Å². The molecule has 9 nitrogen and oxygen atoms in total. The van der Waals surface area contributed by atoms with Crippen molar-refractivity contribution < 1.29 is 23.9 Å². The molecule has 4 heterocycles. The van der Waals surface area contributed by atoms with E-state index in [1.165, 1.54) is 5.56 Å². The van der Waals surface area contributed by atoms with Crippen molar-refractivity contribution in [2.45, 2.75) is 38.0 Å². The number of piperidine rings is 1. The van der Waals surface area contributed by atoms with Crippen LogP contribution in [0.2, 0.25) is 0 Å². The largest absolute Gasteiger partial charge is 0.489 e. The highest BCUT2D eigenvalue weighted by molar-refractivity contribution is 6.23. The first-order chi connectivity index (χ1) is 17.5. The van der Waals surface area contributed by atoms with E-state index in [-0.39, 0.29) is 30.1 Å². The highest BCUT2D eigenvalue weighted by Gasteiger charge is 2.44. The highest BCUT2D eigenvalue weighted by Crippen LogP contribution is 2.31. The number of nitrogens with zero attached hydrogens (tertiary/aromatic N) is 3. The van der Waals surface area contributed by atoms with Gasteiger partial charge in [0.1, 0.15) is 17.9 Å². The maximum absolute atomic E-state index is 13.1. The van der Waals surface area contributed by atoms with Crippen LogP contribution >= 0.6 is 0 Å². The molecule has 0 spiro atoms. The molecule has 2 unspecified atom stereocenters. The van der Waals surface area contributed by atoms with E-state index < -0.39 is 29.7 Å². The molecule has 1 N–H and O–H groups in total. The SMILES string of the molecule is O=C1CCC(N2C(=O)c3ccc(OC4CCN(Cc5cccc6ncccc56)C4)cc3C2=O)C(=O)N1. The van der Waals surface area contributed by atoms with Gasteiger partial charge < -0.3 is 4.74 Å². The fraction of sp³-hybridized carbons (Fsp3) is 0.296. The number of fused-ring (bicyclic) bond motifs is 2. The molecule has 9 heteroatoms. The minimum Gasteiger partial charge on any atom is -0.489 e. The lowest BCUT2D eigenvalue weighted by Crippen LogP contribution is -2.54. The summed E-state index contributed by atoms with van der Waals surface area (Å²) in [4.78, 5) is 57.4. The monoisotopic (exact) mass is 484 g/mol. The first kappa shape index (κ1) is 22.4. The third-order valence-electron chi connectivity index (χ3n) is 7.07. The van der Waals surface area contributed by atoms with Gasteiger partial charge in [0, 0.05) is 37.6 Å². The summed E-state index contributed by atoms with van der Waals surface area (Å²) >= 11 is 0. The van der Waals surface area contributed by atoms with Crippen LogP contribution in [0, 0.1) is 0 Å².